The molecule has 1 heterocycles. The van der Waals surface area contributed by atoms with E-state index in [0.717, 1.165) is 19.1 Å². The minimum atomic E-state index is -1.44. The van der Waals surface area contributed by atoms with Crippen LogP contribution in [0.25, 0.3) is 0 Å². The molecule has 0 saturated carbocycles. The SMILES string of the molecule is COC(=O)[C@H](COC[C@H](C(=O)OC)N1C(=O)c2ccccc2C1=O)NC(=O)Cc1ccc([N+](=O)[O-])cc1. The smallest absolute Gasteiger partial charge is 0.331 e. The lowest BCUT2D eigenvalue weighted by Gasteiger charge is -2.24. The van der Waals surface area contributed by atoms with Crippen molar-refractivity contribution in [2.45, 2.75) is 18.5 Å². The molecule has 13 heteroatoms. The molecule has 1 N–H and O–H groups in total. The average molecular weight is 513 g/mol. The van der Waals surface area contributed by atoms with Crippen LogP contribution in [0, 0.1) is 10.1 Å². The molecule has 194 valence electrons. The number of nitro benzene ring substituents is 1. The molecule has 0 radical (unpaired) electrons. The van der Waals surface area contributed by atoms with Crippen LogP contribution in [0.5, 0.6) is 0 Å². The molecule has 3 amide bonds. The van der Waals surface area contributed by atoms with E-state index in [9.17, 15) is 34.1 Å². The van der Waals surface area contributed by atoms with Crippen LogP contribution in [-0.4, -0.2) is 79.0 Å². The van der Waals surface area contributed by atoms with Crippen molar-refractivity contribution in [1.29, 1.82) is 0 Å². The Morgan fingerprint density at radius 1 is 0.919 bits per heavy atom. The largest absolute Gasteiger partial charge is 0.467 e. The van der Waals surface area contributed by atoms with Crippen molar-refractivity contribution in [2.24, 2.45) is 0 Å². The zero-order valence-electron chi connectivity index (χ0n) is 19.9. The van der Waals surface area contributed by atoms with Crippen LogP contribution in [0.3, 0.4) is 0 Å². The van der Waals surface area contributed by atoms with E-state index in [1.807, 2.05) is 0 Å². The number of nitrogens with one attached hydrogen (secondary N) is 1. The minimum Gasteiger partial charge on any atom is -0.467 e. The Hall–Kier alpha value is -4.65. The fourth-order valence-electron chi connectivity index (χ4n) is 3.65. The Bertz CT molecular complexity index is 1190. The summed E-state index contributed by atoms with van der Waals surface area (Å²) < 4.78 is 14.9. The van der Waals surface area contributed by atoms with Crippen LogP contribution in [0.1, 0.15) is 26.3 Å². The summed E-state index contributed by atoms with van der Waals surface area (Å²) >= 11 is 0. The van der Waals surface area contributed by atoms with Crippen LogP contribution >= 0.6 is 0 Å². The number of benzene rings is 2. The number of ether oxygens (including phenoxy) is 3. The highest BCUT2D eigenvalue weighted by molar-refractivity contribution is 6.22. The van der Waals surface area contributed by atoms with Crippen molar-refractivity contribution in [3.05, 3.63) is 75.3 Å². The number of carbonyl (C=O) groups is 5. The monoisotopic (exact) mass is 513 g/mol. The first-order valence-corrected chi connectivity index (χ1v) is 10.9. The number of rotatable bonds is 11. The molecule has 0 saturated heterocycles. The number of methoxy groups -OCH3 is 2. The van der Waals surface area contributed by atoms with Gasteiger partial charge in [0.15, 0.2) is 12.1 Å². The molecule has 3 rings (SSSR count). The zero-order valence-corrected chi connectivity index (χ0v) is 19.9. The second-order valence-corrected chi connectivity index (χ2v) is 7.85. The first kappa shape index (κ1) is 26.9. The molecule has 0 unspecified atom stereocenters. The van der Waals surface area contributed by atoms with Crippen LogP contribution in [-0.2, 0) is 35.0 Å². The van der Waals surface area contributed by atoms with Crippen molar-refractivity contribution in [3.8, 4) is 0 Å². The highest BCUT2D eigenvalue weighted by Crippen LogP contribution is 2.25. The summed E-state index contributed by atoms with van der Waals surface area (Å²) in [5, 5.41) is 13.2. The van der Waals surface area contributed by atoms with Gasteiger partial charge in [0.25, 0.3) is 17.5 Å². The molecule has 2 atom stereocenters. The number of fused-ring (bicyclic) bond motifs is 1. The summed E-state index contributed by atoms with van der Waals surface area (Å²) in [5.41, 5.74) is 0.590. The Balaban J connectivity index is 1.65. The van der Waals surface area contributed by atoms with E-state index in [2.05, 4.69) is 10.1 Å². The average Bonchev–Trinajstić information content (AvgIpc) is 3.15. The van der Waals surface area contributed by atoms with Gasteiger partial charge in [-0.3, -0.25) is 29.4 Å². The normalized spacial score (nSPS) is 13.9. The number of esters is 2. The Morgan fingerprint density at radius 2 is 1.49 bits per heavy atom. The quantitative estimate of drug-likeness (QED) is 0.195. The highest BCUT2D eigenvalue weighted by Gasteiger charge is 2.43. The third kappa shape index (κ3) is 6.13. The topological polar surface area (TPSA) is 171 Å². The number of imide groups is 1. The molecule has 13 nitrogen and oxygen atoms in total. The first-order chi connectivity index (χ1) is 17.7. The van der Waals surface area contributed by atoms with Crippen molar-refractivity contribution in [2.75, 3.05) is 27.4 Å². The van der Waals surface area contributed by atoms with Crippen molar-refractivity contribution >= 4 is 35.3 Å². The van der Waals surface area contributed by atoms with Crippen molar-refractivity contribution in [3.63, 3.8) is 0 Å². The summed E-state index contributed by atoms with van der Waals surface area (Å²) in [6, 6.07) is 8.66. The fourth-order valence-corrected chi connectivity index (χ4v) is 3.65. The Labute approximate surface area is 210 Å². The lowest BCUT2D eigenvalue weighted by Crippen LogP contribution is -2.50. The molecule has 0 aromatic heterocycles. The number of amides is 3. The molecule has 37 heavy (non-hydrogen) atoms. The van der Waals surface area contributed by atoms with E-state index in [1.54, 1.807) is 12.1 Å². The van der Waals surface area contributed by atoms with Crippen molar-refractivity contribution in [1.82, 2.24) is 10.2 Å². The lowest BCUT2D eigenvalue weighted by atomic mass is 10.1. The first-order valence-electron chi connectivity index (χ1n) is 10.9. The molecule has 0 aliphatic carbocycles. The van der Waals surface area contributed by atoms with Crippen LogP contribution in [0.4, 0.5) is 5.69 Å². The Kier molecular flexibility index (Phi) is 8.64. The number of nitro groups is 1. The second kappa shape index (κ2) is 11.9. The molecule has 2 aromatic carbocycles. The molecule has 1 aliphatic heterocycles. The van der Waals surface area contributed by atoms with E-state index in [4.69, 9.17) is 9.47 Å². The maximum Gasteiger partial charge on any atom is 0.331 e. The lowest BCUT2D eigenvalue weighted by molar-refractivity contribution is -0.384. The number of non-ortho nitro benzene ring substituents is 1. The van der Waals surface area contributed by atoms with Gasteiger partial charge in [-0.2, -0.15) is 0 Å². The third-order valence-corrected chi connectivity index (χ3v) is 5.50. The summed E-state index contributed by atoms with van der Waals surface area (Å²) in [4.78, 5) is 73.5. The van der Waals surface area contributed by atoms with E-state index >= 15 is 0 Å². The van der Waals surface area contributed by atoms with E-state index < -0.39 is 59.9 Å². The van der Waals surface area contributed by atoms with Gasteiger partial charge in [-0.05, 0) is 17.7 Å². The van der Waals surface area contributed by atoms with Gasteiger partial charge in [0, 0.05) is 12.1 Å². The number of hydrogen-bond donors (Lipinski definition) is 1. The molecule has 0 spiro atoms. The standard InChI is InChI=1S/C24H23N3O10/c1-35-23(31)18(25-20(28)11-14-7-9-15(10-8-14)27(33)34)12-37-13-19(24(32)36-2)26-21(29)16-5-3-4-6-17(16)22(26)30/h3-10,18-19H,11-13H2,1-2H3,(H,25,28)/t18-,19+/m0/s1. The molecule has 2 aromatic rings. The molecule has 0 bridgehead atoms. The highest BCUT2D eigenvalue weighted by atomic mass is 16.6. The molecular formula is C24H23N3O10. The van der Waals surface area contributed by atoms with Gasteiger partial charge in [-0.15, -0.1) is 0 Å². The fraction of sp³-hybridized carbons (Fsp3) is 0.292. The third-order valence-electron chi connectivity index (χ3n) is 5.50. The van der Waals surface area contributed by atoms with E-state index in [0.29, 0.717) is 5.56 Å². The van der Waals surface area contributed by atoms with Crippen LogP contribution in [0.15, 0.2) is 48.5 Å². The maximum atomic E-state index is 12.8. The van der Waals surface area contributed by atoms with E-state index in [-0.39, 0.29) is 23.2 Å². The van der Waals surface area contributed by atoms with Gasteiger partial charge in [0.1, 0.15) is 0 Å². The van der Waals surface area contributed by atoms with Crippen LogP contribution in [0.2, 0.25) is 0 Å². The summed E-state index contributed by atoms with van der Waals surface area (Å²) in [6.07, 6.45) is -0.189. The molecular weight excluding hydrogens is 490 g/mol. The predicted octanol–water partition coefficient (Wildman–Crippen LogP) is 0.650. The second-order valence-electron chi connectivity index (χ2n) is 7.85. The number of carbonyl (C=O) groups excluding carboxylic acids is 5. The van der Waals surface area contributed by atoms with Crippen molar-refractivity contribution < 1.29 is 43.1 Å². The summed E-state index contributed by atoms with van der Waals surface area (Å²) in [6.45, 7) is -0.959. The van der Waals surface area contributed by atoms with Gasteiger partial charge in [-0.1, -0.05) is 24.3 Å². The van der Waals surface area contributed by atoms with Gasteiger partial charge in [0.05, 0.1) is 49.9 Å². The van der Waals surface area contributed by atoms with Gasteiger partial charge >= 0.3 is 11.9 Å². The Morgan fingerprint density at radius 3 is 2.00 bits per heavy atom. The number of hydrogen-bond acceptors (Lipinski definition) is 10. The van der Waals surface area contributed by atoms with Gasteiger partial charge < -0.3 is 19.5 Å². The van der Waals surface area contributed by atoms with Gasteiger partial charge in [0.2, 0.25) is 5.91 Å². The zero-order chi connectivity index (χ0) is 27.1. The van der Waals surface area contributed by atoms with Gasteiger partial charge in [-0.25, -0.2) is 9.59 Å². The molecule has 0 fully saturated rings. The minimum absolute atomic E-state index is 0.132. The summed E-state index contributed by atoms with van der Waals surface area (Å²) in [7, 11) is 2.19. The molecule has 1 aliphatic rings. The predicted molar refractivity (Wildman–Crippen MR) is 124 cm³/mol. The summed E-state index contributed by atoms with van der Waals surface area (Å²) in [5.74, 6) is -3.74. The van der Waals surface area contributed by atoms with E-state index in [1.165, 1.54) is 36.4 Å². The van der Waals surface area contributed by atoms with Crippen LogP contribution < -0.4 is 5.32 Å². The number of nitrogens with zero attached hydrogens (tertiary/aromatic N) is 2. The maximum absolute atomic E-state index is 12.8.